The lowest BCUT2D eigenvalue weighted by Gasteiger charge is -2.18. The molecule has 2 aromatic rings. The molecule has 0 aliphatic heterocycles. The van der Waals surface area contributed by atoms with Crippen molar-refractivity contribution < 1.29 is 8.78 Å². The standard InChI is InChI=1S/C15H13BrClF2N/c1-20-15(12-7-10(16)3-5-13(12)18)6-9-2-4-11(17)8-14(9)19/h2-5,7-8,15,20H,6H2,1H3. The van der Waals surface area contributed by atoms with E-state index in [0.29, 0.717) is 22.6 Å². The zero-order valence-electron chi connectivity index (χ0n) is 10.8. The Morgan fingerprint density at radius 3 is 2.55 bits per heavy atom. The van der Waals surface area contributed by atoms with Crippen molar-refractivity contribution in [2.45, 2.75) is 12.5 Å². The lowest BCUT2D eigenvalue weighted by atomic mass is 9.98. The van der Waals surface area contributed by atoms with E-state index >= 15 is 0 Å². The van der Waals surface area contributed by atoms with Crippen molar-refractivity contribution in [1.82, 2.24) is 5.32 Å². The van der Waals surface area contributed by atoms with E-state index in [2.05, 4.69) is 21.2 Å². The largest absolute Gasteiger partial charge is 0.313 e. The fraction of sp³-hybridized carbons (Fsp3) is 0.200. The summed E-state index contributed by atoms with van der Waals surface area (Å²) in [7, 11) is 1.72. The van der Waals surface area contributed by atoms with Crippen LogP contribution in [0.5, 0.6) is 0 Å². The fourth-order valence-electron chi connectivity index (χ4n) is 2.06. The molecule has 0 spiro atoms. The molecule has 0 amide bonds. The normalized spacial score (nSPS) is 12.4. The van der Waals surface area contributed by atoms with Crippen LogP contribution in [0.25, 0.3) is 0 Å². The smallest absolute Gasteiger partial charge is 0.128 e. The van der Waals surface area contributed by atoms with E-state index in [9.17, 15) is 8.78 Å². The highest BCUT2D eigenvalue weighted by molar-refractivity contribution is 9.10. The van der Waals surface area contributed by atoms with Crippen LogP contribution in [-0.2, 0) is 6.42 Å². The molecular formula is C15H13BrClF2N. The van der Waals surface area contributed by atoms with Crippen LogP contribution in [0.4, 0.5) is 8.78 Å². The summed E-state index contributed by atoms with van der Waals surface area (Å²) in [6, 6.07) is 8.92. The van der Waals surface area contributed by atoms with E-state index < -0.39 is 0 Å². The third-order valence-electron chi connectivity index (χ3n) is 3.12. The van der Waals surface area contributed by atoms with Crippen LogP contribution in [0.2, 0.25) is 5.02 Å². The molecule has 0 aliphatic carbocycles. The van der Waals surface area contributed by atoms with Gasteiger partial charge in [0.25, 0.3) is 0 Å². The molecule has 0 saturated carbocycles. The first-order valence-electron chi connectivity index (χ1n) is 6.07. The van der Waals surface area contributed by atoms with Gasteiger partial charge in [-0.25, -0.2) is 8.78 Å². The number of likely N-dealkylation sites (N-methyl/N-ethyl adjacent to an activating group) is 1. The summed E-state index contributed by atoms with van der Waals surface area (Å²) < 4.78 is 28.5. The van der Waals surface area contributed by atoms with Crippen molar-refractivity contribution in [3.63, 3.8) is 0 Å². The first-order chi connectivity index (χ1) is 9.51. The third kappa shape index (κ3) is 3.57. The summed E-state index contributed by atoms with van der Waals surface area (Å²) in [5, 5.41) is 3.36. The number of nitrogens with one attached hydrogen (secondary N) is 1. The summed E-state index contributed by atoms with van der Waals surface area (Å²) in [5.74, 6) is -0.699. The maximum absolute atomic E-state index is 13.9. The molecule has 1 N–H and O–H groups in total. The highest BCUT2D eigenvalue weighted by atomic mass is 79.9. The molecule has 0 aromatic heterocycles. The zero-order valence-corrected chi connectivity index (χ0v) is 13.1. The molecule has 5 heteroatoms. The van der Waals surface area contributed by atoms with Crippen molar-refractivity contribution in [3.05, 3.63) is 68.7 Å². The van der Waals surface area contributed by atoms with E-state index in [4.69, 9.17) is 11.6 Å². The third-order valence-corrected chi connectivity index (χ3v) is 3.85. The van der Waals surface area contributed by atoms with Gasteiger partial charge in [0.15, 0.2) is 0 Å². The highest BCUT2D eigenvalue weighted by Gasteiger charge is 2.17. The zero-order chi connectivity index (χ0) is 14.7. The number of halogens is 4. The molecule has 1 atom stereocenters. The molecule has 0 fully saturated rings. The fourth-order valence-corrected chi connectivity index (χ4v) is 2.59. The van der Waals surface area contributed by atoms with Crippen molar-refractivity contribution in [2.24, 2.45) is 0 Å². The number of hydrogen-bond acceptors (Lipinski definition) is 1. The van der Waals surface area contributed by atoms with E-state index in [1.54, 1.807) is 31.3 Å². The number of rotatable bonds is 4. The predicted octanol–water partition coefficient (Wildman–Crippen LogP) is 4.88. The minimum atomic E-state index is -0.381. The molecule has 0 heterocycles. The Morgan fingerprint density at radius 1 is 1.15 bits per heavy atom. The van der Waals surface area contributed by atoms with Crippen LogP contribution in [0.1, 0.15) is 17.2 Å². The van der Waals surface area contributed by atoms with Gasteiger partial charge in [0, 0.05) is 21.1 Å². The minimum absolute atomic E-state index is 0.317. The summed E-state index contributed by atoms with van der Waals surface area (Å²) in [6.07, 6.45) is 0.340. The first kappa shape index (κ1) is 15.4. The molecule has 2 rings (SSSR count). The van der Waals surface area contributed by atoms with Crippen LogP contribution in [0.15, 0.2) is 40.9 Å². The van der Waals surface area contributed by atoms with Crippen molar-refractivity contribution in [1.29, 1.82) is 0 Å². The first-order valence-corrected chi connectivity index (χ1v) is 7.24. The number of hydrogen-bond donors (Lipinski definition) is 1. The maximum atomic E-state index is 13.9. The van der Waals surface area contributed by atoms with E-state index in [1.807, 2.05) is 0 Å². The summed E-state index contributed by atoms with van der Waals surface area (Å²) >= 11 is 9.05. The Morgan fingerprint density at radius 2 is 1.90 bits per heavy atom. The summed E-state index contributed by atoms with van der Waals surface area (Å²) in [4.78, 5) is 0. The second-order valence-electron chi connectivity index (χ2n) is 4.45. The molecule has 20 heavy (non-hydrogen) atoms. The van der Waals surface area contributed by atoms with Gasteiger partial charge in [0.05, 0.1) is 0 Å². The molecule has 1 nitrogen and oxygen atoms in total. The van der Waals surface area contributed by atoms with Gasteiger partial charge >= 0.3 is 0 Å². The van der Waals surface area contributed by atoms with E-state index in [0.717, 1.165) is 4.47 Å². The second kappa shape index (κ2) is 6.66. The molecule has 0 radical (unpaired) electrons. The van der Waals surface area contributed by atoms with Crippen molar-refractivity contribution in [2.75, 3.05) is 7.05 Å². The van der Waals surface area contributed by atoms with Gasteiger partial charge in [-0.2, -0.15) is 0 Å². The molecule has 0 aliphatic rings. The van der Waals surface area contributed by atoms with Gasteiger partial charge < -0.3 is 5.32 Å². The monoisotopic (exact) mass is 359 g/mol. The quantitative estimate of drug-likeness (QED) is 0.819. The molecule has 2 aromatic carbocycles. The second-order valence-corrected chi connectivity index (χ2v) is 5.80. The average molecular weight is 361 g/mol. The molecule has 0 bridgehead atoms. The van der Waals surface area contributed by atoms with E-state index in [-0.39, 0.29) is 17.7 Å². The Balaban J connectivity index is 2.31. The maximum Gasteiger partial charge on any atom is 0.128 e. The Bertz CT molecular complexity index is 619. The summed E-state index contributed by atoms with van der Waals surface area (Å²) in [5.41, 5.74) is 0.990. The van der Waals surface area contributed by atoms with Gasteiger partial charge in [-0.3, -0.25) is 0 Å². The lowest BCUT2D eigenvalue weighted by molar-refractivity contribution is 0.519. The highest BCUT2D eigenvalue weighted by Crippen LogP contribution is 2.26. The van der Waals surface area contributed by atoms with Gasteiger partial charge in [0.1, 0.15) is 11.6 Å². The topological polar surface area (TPSA) is 12.0 Å². The van der Waals surface area contributed by atoms with Gasteiger partial charge in [-0.15, -0.1) is 0 Å². The van der Waals surface area contributed by atoms with Crippen LogP contribution in [0, 0.1) is 11.6 Å². The van der Waals surface area contributed by atoms with Gasteiger partial charge in [0.2, 0.25) is 0 Å². The van der Waals surface area contributed by atoms with Crippen LogP contribution < -0.4 is 5.32 Å². The molecular weight excluding hydrogens is 348 g/mol. The Kier molecular flexibility index (Phi) is 5.13. The summed E-state index contributed by atoms with van der Waals surface area (Å²) in [6.45, 7) is 0. The minimum Gasteiger partial charge on any atom is -0.313 e. The Hall–Kier alpha value is -0.970. The predicted molar refractivity (Wildman–Crippen MR) is 81.0 cm³/mol. The van der Waals surface area contributed by atoms with Crippen LogP contribution in [-0.4, -0.2) is 7.05 Å². The molecule has 106 valence electrons. The van der Waals surface area contributed by atoms with Crippen molar-refractivity contribution in [3.8, 4) is 0 Å². The average Bonchev–Trinajstić information content (AvgIpc) is 2.41. The van der Waals surface area contributed by atoms with Crippen LogP contribution in [0.3, 0.4) is 0 Å². The van der Waals surface area contributed by atoms with E-state index in [1.165, 1.54) is 12.1 Å². The van der Waals surface area contributed by atoms with Gasteiger partial charge in [-0.05, 0) is 49.4 Å². The number of benzene rings is 2. The Labute approximate surface area is 130 Å². The SMILES string of the molecule is CNC(Cc1ccc(Cl)cc1F)c1cc(Br)ccc1F. The lowest BCUT2D eigenvalue weighted by Crippen LogP contribution is -2.20. The van der Waals surface area contributed by atoms with Crippen molar-refractivity contribution >= 4 is 27.5 Å². The molecule has 1 unspecified atom stereocenters. The molecule has 0 saturated heterocycles. The van der Waals surface area contributed by atoms with Crippen LogP contribution >= 0.6 is 27.5 Å². The van der Waals surface area contributed by atoms with Gasteiger partial charge in [-0.1, -0.05) is 33.6 Å².